The Morgan fingerprint density at radius 3 is 2.68 bits per heavy atom. The lowest BCUT2D eigenvalue weighted by Gasteiger charge is -2.48. The molecule has 0 aliphatic carbocycles. The molecule has 5 rings (SSSR count). The first kappa shape index (κ1) is 19.4. The van der Waals surface area contributed by atoms with Crippen LogP contribution in [0.15, 0.2) is 53.6 Å². The van der Waals surface area contributed by atoms with Gasteiger partial charge < -0.3 is 15.1 Å². The molecule has 9 nitrogen and oxygen atoms in total. The molecule has 2 amide bonds. The monoisotopic (exact) mass is 419 g/mol. The lowest BCUT2D eigenvalue weighted by atomic mass is 9.83. The molecule has 1 aromatic heterocycles. The number of carbonyl (C=O) groups excluding carboxylic acids is 2. The van der Waals surface area contributed by atoms with Crippen molar-refractivity contribution in [2.75, 3.05) is 13.1 Å². The average Bonchev–Trinajstić information content (AvgIpc) is 3.16. The number of quaternary nitrogens is 1. The molecule has 1 fully saturated rings. The second-order valence-corrected chi connectivity index (χ2v) is 7.93. The zero-order valence-electron chi connectivity index (χ0n) is 16.8. The van der Waals surface area contributed by atoms with Gasteiger partial charge in [-0.2, -0.15) is 10.3 Å². The van der Waals surface area contributed by atoms with Crippen molar-refractivity contribution in [1.82, 2.24) is 14.9 Å². The van der Waals surface area contributed by atoms with Gasteiger partial charge in [0.2, 0.25) is 5.91 Å². The van der Waals surface area contributed by atoms with Gasteiger partial charge in [0.15, 0.2) is 11.2 Å². The van der Waals surface area contributed by atoms with Crippen LogP contribution in [0.5, 0.6) is 0 Å². The van der Waals surface area contributed by atoms with Gasteiger partial charge in [0, 0.05) is 29.6 Å². The minimum absolute atomic E-state index is 0.131. The molecule has 9 heteroatoms. The Kier molecular flexibility index (Phi) is 4.40. The number of benzene rings is 2. The molecule has 31 heavy (non-hydrogen) atoms. The number of H-pyrrole nitrogens is 1. The Morgan fingerprint density at radius 2 is 1.94 bits per heavy atom. The maximum absolute atomic E-state index is 13.6. The van der Waals surface area contributed by atoms with E-state index in [1.807, 2.05) is 24.3 Å². The molecule has 1 saturated heterocycles. The highest BCUT2D eigenvalue weighted by molar-refractivity contribution is 6.01. The number of hydrogen-bond acceptors (Lipinski definition) is 5. The normalized spacial score (nSPS) is 22.2. The molecular formula is C22H21N5O4. The zero-order valence-corrected chi connectivity index (χ0v) is 16.8. The second kappa shape index (κ2) is 7.02. The fraction of sp³-hybridized carbons (Fsp3) is 0.227. The van der Waals surface area contributed by atoms with Gasteiger partial charge in [0.25, 0.3) is 5.91 Å². The number of para-hydroxylation sites is 1. The molecule has 3 N–H and O–H groups in total. The van der Waals surface area contributed by atoms with Crippen LogP contribution >= 0.6 is 0 Å². The third kappa shape index (κ3) is 2.94. The van der Waals surface area contributed by atoms with E-state index in [1.165, 1.54) is 23.4 Å². The van der Waals surface area contributed by atoms with Gasteiger partial charge in [-0.3, -0.25) is 9.59 Å². The highest BCUT2D eigenvalue weighted by atomic mass is 16.8. The van der Waals surface area contributed by atoms with Gasteiger partial charge in [-0.05, 0) is 42.7 Å². The Morgan fingerprint density at radius 1 is 1.19 bits per heavy atom. The van der Waals surface area contributed by atoms with Crippen molar-refractivity contribution >= 4 is 34.6 Å². The van der Waals surface area contributed by atoms with Crippen molar-refractivity contribution in [3.05, 3.63) is 70.6 Å². The lowest BCUT2D eigenvalue weighted by molar-refractivity contribution is -0.991. The number of nitrogens with one attached hydrogen (secondary N) is 2. The molecule has 158 valence electrons. The maximum Gasteiger partial charge on any atom is 0.275 e. The van der Waals surface area contributed by atoms with Crippen LogP contribution in [0.25, 0.3) is 10.9 Å². The van der Waals surface area contributed by atoms with Crippen molar-refractivity contribution < 1.29 is 20.0 Å². The summed E-state index contributed by atoms with van der Waals surface area (Å²) in [6.07, 6.45) is 2.15. The number of aromatic nitrogens is 1. The predicted molar refractivity (Wildman–Crippen MR) is 113 cm³/mol. The number of hydrogen-bond donors (Lipinski definition) is 3. The summed E-state index contributed by atoms with van der Waals surface area (Å²) in [5.74, 6) is -0.442. The van der Waals surface area contributed by atoms with Crippen molar-refractivity contribution in [1.29, 1.82) is 0 Å². The maximum atomic E-state index is 13.6. The first-order valence-electron chi connectivity index (χ1n) is 9.99. The van der Waals surface area contributed by atoms with Crippen LogP contribution in [-0.2, 0) is 21.5 Å². The summed E-state index contributed by atoms with van der Waals surface area (Å²) >= 11 is 0. The van der Waals surface area contributed by atoms with Crippen LogP contribution < -0.4 is 5.23 Å². The fourth-order valence-electron chi connectivity index (χ4n) is 4.53. The highest BCUT2D eigenvalue weighted by Gasteiger charge is 2.54. The van der Waals surface area contributed by atoms with Crippen LogP contribution in [0.4, 0.5) is 5.69 Å². The summed E-state index contributed by atoms with van der Waals surface area (Å²) in [6, 6.07) is 14.0. The van der Waals surface area contributed by atoms with E-state index in [2.05, 4.69) is 10.1 Å². The zero-order chi connectivity index (χ0) is 21.8. The number of amides is 2. The number of carbonyl (C=O) groups is 2. The summed E-state index contributed by atoms with van der Waals surface area (Å²) in [7, 11) is 0. The van der Waals surface area contributed by atoms with E-state index < -0.39 is 10.8 Å². The van der Waals surface area contributed by atoms with Crippen molar-refractivity contribution in [2.45, 2.75) is 18.9 Å². The Hall–Kier alpha value is -3.53. The lowest BCUT2D eigenvalue weighted by Crippen LogP contribution is -2.99. The number of aromatic amines is 1. The number of hydrazone groups is 1. The van der Waals surface area contributed by atoms with E-state index in [1.54, 1.807) is 24.0 Å². The fourth-order valence-corrected chi connectivity index (χ4v) is 4.53. The Bertz CT molecular complexity index is 1220. The number of fused-ring (bicyclic) bond motifs is 5. The van der Waals surface area contributed by atoms with E-state index >= 15 is 0 Å². The molecule has 0 saturated carbocycles. The molecule has 2 aliphatic heterocycles. The smallest absolute Gasteiger partial charge is 0.275 e. The van der Waals surface area contributed by atoms with Gasteiger partial charge in [0.1, 0.15) is 6.54 Å². The van der Waals surface area contributed by atoms with Crippen LogP contribution in [0.3, 0.4) is 0 Å². The first-order valence-corrected chi connectivity index (χ1v) is 9.99. The Labute approximate surface area is 177 Å². The number of rotatable bonds is 3. The molecule has 2 aromatic carbocycles. The standard InChI is InChI=1S/C22H21N5O4/c1-22-20-17(16-4-2-3-5-18(16)24-20)10-11-25(22)19(28)13-26(21(22)29)23-12-14-6-8-15(9-7-14)27(30)31/h2-9,12,24,27,30H,10-11,13H2,1H3/b23-12+/t22-/m1/s1. The quantitative estimate of drug-likeness (QED) is 0.435. The molecule has 2 aliphatic rings. The van der Waals surface area contributed by atoms with Crippen LogP contribution in [0.2, 0.25) is 0 Å². The van der Waals surface area contributed by atoms with Crippen molar-refractivity contribution in [2.24, 2.45) is 5.10 Å². The third-order valence-corrected chi connectivity index (χ3v) is 6.17. The topological polar surface area (TPSA) is 116 Å². The third-order valence-electron chi connectivity index (χ3n) is 6.17. The van der Waals surface area contributed by atoms with E-state index in [0.29, 0.717) is 18.5 Å². The minimum Gasteiger partial charge on any atom is -0.595 e. The molecule has 0 spiro atoms. The highest BCUT2D eigenvalue weighted by Crippen LogP contribution is 2.41. The second-order valence-electron chi connectivity index (χ2n) is 7.93. The van der Waals surface area contributed by atoms with Crippen LogP contribution in [0.1, 0.15) is 23.7 Å². The van der Waals surface area contributed by atoms with Crippen LogP contribution in [0, 0.1) is 5.21 Å². The van der Waals surface area contributed by atoms with Gasteiger partial charge in [0.05, 0.1) is 11.9 Å². The molecule has 3 aromatic rings. The Balaban J connectivity index is 1.50. The van der Waals surface area contributed by atoms with Crippen molar-refractivity contribution in [3.63, 3.8) is 0 Å². The van der Waals surface area contributed by atoms with Gasteiger partial charge >= 0.3 is 0 Å². The summed E-state index contributed by atoms with van der Waals surface area (Å²) in [4.78, 5) is 31.5. The summed E-state index contributed by atoms with van der Waals surface area (Å²) in [5, 5.41) is 25.5. The van der Waals surface area contributed by atoms with Crippen molar-refractivity contribution in [3.8, 4) is 0 Å². The SMILES string of the molecule is C[C@@]12C(=O)N(/N=C/c3ccc([NH+]([O-])O)cc3)CC(=O)N1CCc1c2[nH]c2ccccc12. The van der Waals surface area contributed by atoms with Gasteiger partial charge in [-0.15, -0.1) is 0 Å². The summed E-state index contributed by atoms with van der Waals surface area (Å²) in [6.45, 7) is 2.11. The van der Waals surface area contributed by atoms with E-state index in [9.17, 15) is 14.8 Å². The molecule has 1 unspecified atom stereocenters. The first-order chi connectivity index (χ1) is 14.9. The number of piperazine rings is 1. The summed E-state index contributed by atoms with van der Waals surface area (Å²) < 4.78 is 0. The largest absolute Gasteiger partial charge is 0.595 e. The number of nitrogens with zero attached hydrogens (tertiary/aromatic N) is 3. The molecule has 0 radical (unpaired) electrons. The summed E-state index contributed by atoms with van der Waals surface area (Å²) in [5.41, 5.74) is 2.38. The molecule has 0 bridgehead atoms. The minimum atomic E-state index is -1.16. The predicted octanol–water partition coefficient (Wildman–Crippen LogP) is 1.05. The van der Waals surface area contributed by atoms with Gasteiger partial charge in [-0.1, -0.05) is 18.2 Å². The van der Waals surface area contributed by atoms with E-state index in [0.717, 1.165) is 22.2 Å². The average molecular weight is 419 g/mol. The molecule has 3 heterocycles. The van der Waals surface area contributed by atoms with Crippen LogP contribution in [-0.4, -0.2) is 51.2 Å². The van der Waals surface area contributed by atoms with E-state index in [-0.39, 0.29) is 24.0 Å². The molecule has 2 atom stereocenters. The van der Waals surface area contributed by atoms with E-state index in [4.69, 9.17) is 5.21 Å². The van der Waals surface area contributed by atoms with Gasteiger partial charge in [-0.25, -0.2) is 10.2 Å². The molecular weight excluding hydrogens is 398 g/mol.